The van der Waals surface area contributed by atoms with Crippen molar-refractivity contribution in [2.24, 2.45) is 0 Å². The molecule has 0 aliphatic rings. The summed E-state index contributed by atoms with van der Waals surface area (Å²) in [7, 11) is 0. The molecule has 94 valence electrons. The Morgan fingerprint density at radius 2 is 2.06 bits per heavy atom. The van der Waals surface area contributed by atoms with Crippen LogP contribution in [-0.2, 0) is 6.42 Å². The molecule has 0 radical (unpaired) electrons. The van der Waals surface area contributed by atoms with Gasteiger partial charge in [-0.25, -0.2) is 14.4 Å². The van der Waals surface area contributed by atoms with Crippen LogP contribution in [0.5, 0.6) is 0 Å². The van der Waals surface area contributed by atoms with E-state index in [1.165, 1.54) is 6.07 Å². The highest BCUT2D eigenvalue weighted by atomic mass is 19.1. The summed E-state index contributed by atoms with van der Waals surface area (Å²) >= 11 is 0. The zero-order chi connectivity index (χ0) is 13.0. The van der Waals surface area contributed by atoms with Gasteiger partial charge in [-0.1, -0.05) is 6.07 Å². The second kappa shape index (κ2) is 5.58. The number of hydrogen-bond donors (Lipinski definition) is 1. The average molecular weight is 245 g/mol. The minimum atomic E-state index is -0.189. The van der Waals surface area contributed by atoms with E-state index in [2.05, 4.69) is 15.3 Å². The number of aryl methyl sites for hydroxylation is 2. The molecule has 0 fully saturated rings. The first kappa shape index (κ1) is 12.5. The van der Waals surface area contributed by atoms with Crippen LogP contribution in [0.25, 0.3) is 0 Å². The number of nitrogens with zero attached hydrogens (tertiary/aromatic N) is 2. The highest BCUT2D eigenvalue weighted by Crippen LogP contribution is 2.11. The summed E-state index contributed by atoms with van der Waals surface area (Å²) in [5.41, 5.74) is 3.05. The van der Waals surface area contributed by atoms with E-state index < -0.39 is 0 Å². The molecule has 1 N–H and O–H groups in total. The number of benzene rings is 1. The van der Waals surface area contributed by atoms with Gasteiger partial charge in [0.05, 0.1) is 0 Å². The van der Waals surface area contributed by atoms with Crippen molar-refractivity contribution in [1.29, 1.82) is 0 Å². The molecule has 0 atom stereocenters. The van der Waals surface area contributed by atoms with Crippen molar-refractivity contribution in [3.8, 4) is 0 Å². The van der Waals surface area contributed by atoms with Crippen LogP contribution in [0.15, 0.2) is 30.5 Å². The number of halogens is 1. The van der Waals surface area contributed by atoms with Crippen LogP contribution in [0.1, 0.15) is 16.8 Å². The van der Waals surface area contributed by atoms with E-state index in [1.807, 2.05) is 26.0 Å². The topological polar surface area (TPSA) is 37.8 Å². The lowest BCUT2D eigenvalue weighted by atomic mass is 10.1. The Morgan fingerprint density at radius 1 is 1.22 bits per heavy atom. The molecule has 0 bridgehead atoms. The summed E-state index contributed by atoms with van der Waals surface area (Å²) in [5.74, 6) is 0.445. The van der Waals surface area contributed by atoms with Gasteiger partial charge in [0.1, 0.15) is 5.82 Å². The van der Waals surface area contributed by atoms with E-state index in [1.54, 1.807) is 12.3 Å². The molecule has 0 amide bonds. The summed E-state index contributed by atoms with van der Waals surface area (Å²) in [4.78, 5) is 8.38. The Kier molecular flexibility index (Phi) is 3.87. The van der Waals surface area contributed by atoms with Crippen molar-refractivity contribution in [3.63, 3.8) is 0 Å². The fourth-order valence-electron chi connectivity index (χ4n) is 1.78. The Bertz CT molecular complexity index is 540. The maximum atomic E-state index is 12.9. The van der Waals surface area contributed by atoms with Crippen molar-refractivity contribution in [2.45, 2.75) is 20.3 Å². The summed E-state index contributed by atoms with van der Waals surface area (Å²) < 4.78 is 12.9. The van der Waals surface area contributed by atoms with Gasteiger partial charge in [0.25, 0.3) is 0 Å². The van der Waals surface area contributed by atoms with Crippen molar-refractivity contribution >= 4 is 5.95 Å². The van der Waals surface area contributed by atoms with Crippen molar-refractivity contribution in [2.75, 3.05) is 11.9 Å². The summed E-state index contributed by atoms with van der Waals surface area (Å²) in [6.07, 6.45) is 2.55. The Labute approximate surface area is 106 Å². The first-order valence-electron chi connectivity index (χ1n) is 5.94. The van der Waals surface area contributed by atoms with Gasteiger partial charge >= 0.3 is 0 Å². The molecular weight excluding hydrogens is 229 g/mol. The maximum absolute atomic E-state index is 12.9. The molecule has 0 aliphatic heterocycles. The van der Waals surface area contributed by atoms with Crippen LogP contribution >= 0.6 is 0 Å². The Morgan fingerprint density at radius 3 is 2.78 bits per heavy atom. The second-order valence-electron chi connectivity index (χ2n) is 4.27. The minimum absolute atomic E-state index is 0.189. The van der Waals surface area contributed by atoms with E-state index in [0.717, 1.165) is 29.8 Å². The SMILES string of the molecule is Cc1ccnc(NCCc2ccc(F)cc2C)n1. The highest BCUT2D eigenvalue weighted by molar-refractivity contribution is 5.29. The Hall–Kier alpha value is -1.97. The standard InChI is InChI=1S/C14H16FN3/c1-10-9-13(15)4-3-12(10)6-8-17-14-16-7-5-11(2)18-14/h3-5,7,9H,6,8H2,1-2H3,(H,16,17,18). The minimum Gasteiger partial charge on any atom is -0.354 e. The summed E-state index contributed by atoms with van der Waals surface area (Å²) in [6.45, 7) is 4.58. The predicted molar refractivity (Wildman–Crippen MR) is 70.1 cm³/mol. The van der Waals surface area contributed by atoms with Gasteiger partial charge in [0.2, 0.25) is 5.95 Å². The van der Waals surface area contributed by atoms with Crippen molar-refractivity contribution in [3.05, 3.63) is 53.1 Å². The lowest BCUT2D eigenvalue weighted by Gasteiger charge is -2.07. The molecule has 0 unspecified atom stereocenters. The molecule has 0 saturated heterocycles. The molecule has 2 rings (SSSR count). The number of hydrogen-bond acceptors (Lipinski definition) is 3. The van der Waals surface area contributed by atoms with Gasteiger partial charge in [0.15, 0.2) is 0 Å². The Balaban J connectivity index is 1.92. The van der Waals surface area contributed by atoms with Gasteiger partial charge < -0.3 is 5.32 Å². The molecule has 0 aliphatic carbocycles. The lowest BCUT2D eigenvalue weighted by Crippen LogP contribution is -2.09. The fourth-order valence-corrected chi connectivity index (χ4v) is 1.78. The maximum Gasteiger partial charge on any atom is 0.222 e. The first-order chi connectivity index (χ1) is 8.65. The first-order valence-corrected chi connectivity index (χ1v) is 5.94. The molecule has 1 aromatic carbocycles. The molecule has 18 heavy (non-hydrogen) atoms. The zero-order valence-electron chi connectivity index (χ0n) is 10.6. The van der Waals surface area contributed by atoms with Gasteiger partial charge in [-0.2, -0.15) is 0 Å². The molecule has 1 aromatic heterocycles. The number of rotatable bonds is 4. The van der Waals surface area contributed by atoms with Crippen LogP contribution in [0.3, 0.4) is 0 Å². The van der Waals surface area contributed by atoms with E-state index in [4.69, 9.17) is 0 Å². The van der Waals surface area contributed by atoms with Crippen molar-refractivity contribution < 1.29 is 4.39 Å². The van der Waals surface area contributed by atoms with Crippen LogP contribution in [-0.4, -0.2) is 16.5 Å². The van der Waals surface area contributed by atoms with Gasteiger partial charge in [0, 0.05) is 18.4 Å². The molecule has 2 aromatic rings. The third-order valence-corrected chi connectivity index (χ3v) is 2.78. The van der Waals surface area contributed by atoms with E-state index in [9.17, 15) is 4.39 Å². The van der Waals surface area contributed by atoms with Crippen LogP contribution < -0.4 is 5.32 Å². The fraction of sp³-hybridized carbons (Fsp3) is 0.286. The third-order valence-electron chi connectivity index (χ3n) is 2.78. The van der Waals surface area contributed by atoms with Gasteiger partial charge in [-0.3, -0.25) is 0 Å². The average Bonchev–Trinajstić information content (AvgIpc) is 2.32. The number of aromatic nitrogens is 2. The normalized spacial score (nSPS) is 10.4. The predicted octanol–water partition coefficient (Wildman–Crippen LogP) is 2.89. The number of nitrogens with one attached hydrogen (secondary N) is 1. The molecule has 3 nitrogen and oxygen atoms in total. The van der Waals surface area contributed by atoms with Crippen molar-refractivity contribution in [1.82, 2.24) is 9.97 Å². The lowest BCUT2D eigenvalue weighted by molar-refractivity contribution is 0.625. The van der Waals surface area contributed by atoms with E-state index in [0.29, 0.717) is 5.95 Å². The van der Waals surface area contributed by atoms with E-state index >= 15 is 0 Å². The zero-order valence-corrected chi connectivity index (χ0v) is 10.6. The summed E-state index contributed by atoms with van der Waals surface area (Å²) in [5, 5.41) is 3.16. The molecular formula is C14H16FN3. The van der Waals surface area contributed by atoms with Crippen LogP contribution in [0, 0.1) is 19.7 Å². The smallest absolute Gasteiger partial charge is 0.222 e. The quantitative estimate of drug-likeness (QED) is 0.900. The van der Waals surface area contributed by atoms with E-state index in [-0.39, 0.29) is 5.82 Å². The largest absolute Gasteiger partial charge is 0.354 e. The highest BCUT2D eigenvalue weighted by Gasteiger charge is 2.01. The summed E-state index contributed by atoms with van der Waals surface area (Å²) in [6, 6.07) is 6.72. The molecule has 1 heterocycles. The van der Waals surface area contributed by atoms with Crippen LogP contribution in [0.2, 0.25) is 0 Å². The second-order valence-corrected chi connectivity index (χ2v) is 4.27. The molecule has 0 saturated carbocycles. The van der Waals surface area contributed by atoms with Gasteiger partial charge in [-0.15, -0.1) is 0 Å². The molecule has 0 spiro atoms. The number of anilines is 1. The third kappa shape index (κ3) is 3.26. The van der Waals surface area contributed by atoms with Gasteiger partial charge in [-0.05, 0) is 49.6 Å². The monoisotopic (exact) mass is 245 g/mol. The van der Waals surface area contributed by atoms with Crippen LogP contribution in [0.4, 0.5) is 10.3 Å². The molecule has 4 heteroatoms.